The third-order valence-corrected chi connectivity index (χ3v) is 4.60. The maximum absolute atomic E-state index is 13.2. The smallest absolute Gasteiger partial charge is 0.268 e. The molecule has 130 valence electrons. The van der Waals surface area contributed by atoms with Crippen LogP contribution in [0.2, 0.25) is 0 Å². The highest BCUT2D eigenvalue weighted by Gasteiger charge is 2.15. The lowest BCUT2D eigenvalue weighted by Gasteiger charge is -2.10. The lowest BCUT2D eigenvalue weighted by Crippen LogP contribution is -2.22. The average molecular weight is 353 g/mol. The van der Waals surface area contributed by atoms with Crippen LogP contribution in [-0.2, 0) is 0 Å². The maximum Gasteiger partial charge on any atom is 0.269 e. The van der Waals surface area contributed by atoms with Crippen LogP contribution in [0.5, 0.6) is 0 Å². The molecule has 0 bridgehead atoms. The topological polar surface area (TPSA) is 65.6 Å². The van der Waals surface area contributed by atoms with Crippen molar-refractivity contribution in [3.8, 4) is 11.4 Å². The molecular formula is C21H15N5O. The van der Waals surface area contributed by atoms with Gasteiger partial charge in [-0.25, -0.2) is 9.67 Å². The number of fused-ring (bicyclic) bond motifs is 2. The van der Waals surface area contributed by atoms with Gasteiger partial charge in [-0.1, -0.05) is 36.4 Å². The SMILES string of the molecule is Cc1nc2c(cnn2-c2ccccc2)c(=O)n1-c1cnc2ccccc2c1. The molecule has 2 aromatic carbocycles. The molecule has 0 N–H and O–H groups in total. The number of para-hydroxylation sites is 2. The second-order valence-corrected chi connectivity index (χ2v) is 6.32. The quantitative estimate of drug-likeness (QED) is 0.488. The van der Waals surface area contributed by atoms with E-state index in [4.69, 9.17) is 0 Å². The standard InChI is InChI=1S/C21H15N5O/c1-14-24-20-18(13-23-26(20)16-8-3-2-4-9-16)21(27)25(14)17-11-15-7-5-6-10-19(15)22-12-17/h2-13H,1H3. The van der Waals surface area contributed by atoms with E-state index in [1.165, 1.54) is 0 Å². The van der Waals surface area contributed by atoms with Crippen molar-refractivity contribution < 1.29 is 0 Å². The Balaban J connectivity index is 1.75. The van der Waals surface area contributed by atoms with Gasteiger partial charge < -0.3 is 0 Å². The number of nitrogens with zero attached hydrogens (tertiary/aromatic N) is 5. The number of aryl methyl sites for hydroxylation is 1. The van der Waals surface area contributed by atoms with E-state index in [1.807, 2.05) is 67.6 Å². The van der Waals surface area contributed by atoms with E-state index in [-0.39, 0.29) is 5.56 Å². The summed E-state index contributed by atoms with van der Waals surface area (Å²) >= 11 is 0. The summed E-state index contributed by atoms with van der Waals surface area (Å²) in [5.41, 5.74) is 2.84. The molecule has 6 heteroatoms. The van der Waals surface area contributed by atoms with Crippen LogP contribution in [-0.4, -0.2) is 24.3 Å². The van der Waals surface area contributed by atoms with Crippen molar-refractivity contribution >= 4 is 21.9 Å². The van der Waals surface area contributed by atoms with E-state index in [1.54, 1.807) is 21.6 Å². The molecular weight excluding hydrogens is 338 g/mol. The normalized spacial score (nSPS) is 11.3. The van der Waals surface area contributed by atoms with Gasteiger partial charge in [-0.3, -0.25) is 14.3 Å². The zero-order valence-corrected chi connectivity index (χ0v) is 14.6. The van der Waals surface area contributed by atoms with Crippen LogP contribution in [0.3, 0.4) is 0 Å². The van der Waals surface area contributed by atoms with Crippen molar-refractivity contribution in [1.29, 1.82) is 0 Å². The summed E-state index contributed by atoms with van der Waals surface area (Å²) in [5, 5.41) is 5.82. The molecule has 0 aliphatic carbocycles. The van der Waals surface area contributed by atoms with Gasteiger partial charge in [-0.2, -0.15) is 5.10 Å². The molecule has 0 fully saturated rings. The van der Waals surface area contributed by atoms with Crippen molar-refractivity contribution in [2.45, 2.75) is 6.92 Å². The Morgan fingerprint density at radius 3 is 2.52 bits per heavy atom. The molecule has 0 saturated heterocycles. The predicted molar refractivity (Wildman–Crippen MR) is 104 cm³/mol. The molecule has 0 unspecified atom stereocenters. The molecule has 0 atom stereocenters. The summed E-state index contributed by atoms with van der Waals surface area (Å²) < 4.78 is 3.27. The van der Waals surface area contributed by atoms with Crippen LogP contribution in [0.15, 0.2) is 77.9 Å². The van der Waals surface area contributed by atoms with E-state index in [9.17, 15) is 4.79 Å². The Morgan fingerprint density at radius 2 is 1.67 bits per heavy atom. The van der Waals surface area contributed by atoms with Crippen LogP contribution in [0.1, 0.15) is 5.82 Å². The minimum atomic E-state index is -0.156. The number of aromatic nitrogens is 5. The van der Waals surface area contributed by atoms with E-state index in [0.717, 1.165) is 16.6 Å². The summed E-state index contributed by atoms with van der Waals surface area (Å²) in [6, 6.07) is 19.4. The van der Waals surface area contributed by atoms with Crippen molar-refractivity contribution in [2.24, 2.45) is 0 Å². The van der Waals surface area contributed by atoms with E-state index < -0.39 is 0 Å². The Bertz CT molecular complexity index is 1350. The van der Waals surface area contributed by atoms with Crippen molar-refractivity contribution in [3.05, 3.63) is 89.2 Å². The van der Waals surface area contributed by atoms with Crippen LogP contribution < -0.4 is 5.56 Å². The highest BCUT2D eigenvalue weighted by Crippen LogP contribution is 2.18. The number of hydrogen-bond donors (Lipinski definition) is 0. The lowest BCUT2D eigenvalue weighted by molar-refractivity contribution is 0.858. The van der Waals surface area contributed by atoms with Gasteiger partial charge in [0.15, 0.2) is 5.65 Å². The molecule has 0 spiro atoms. The molecule has 3 aromatic heterocycles. The third-order valence-electron chi connectivity index (χ3n) is 4.60. The summed E-state index contributed by atoms with van der Waals surface area (Å²) in [6.07, 6.45) is 3.27. The highest BCUT2D eigenvalue weighted by molar-refractivity contribution is 5.81. The average Bonchev–Trinajstić information content (AvgIpc) is 3.12. The fourth-order valence-corrected chi connectivity index (χ4v) is 3.32. The zero-order chi connectivity index (χ0) is 18.4. The van der Waals surface area contributed by atoms with Crippen molar-refractivity contribution in [1.82, 2.24) is 24.3 Å². The van der Waals surface area contributed by atoms with E-state index in [2.05, 4.69) is 15.1 Å². The Morgan fingerprint density at radius 1 is 0.889 bits per heavy atom. The fraction of sp³-hybridized carbons (Fsp3) is 0.0476. The molecule has 5 aromatic rings. The van der Waals surface area contributed by atoms with E-state index >= 15 is 0 Å². The van der Waals surface area contributed by atoms with Crippen LogP contribution in [0, 0.1) is 6.92 Å². The summed E-state index contributed by atoms with van der Waals surface area (Å²) in [4.78, 5) is 22.3. The summed E-state index contributed by atoms with van der Waals surface area (Å²) in [6.45, 7) is 1.82. The summed E-state index contributed by atoms with van der Waals surface area (Å²) in [7, 11) is 0. The van der Waals surface area contributed by atoms with Gasteiger partial charge >= 0.3 is 0 Å². The minimum Gasteiger partial charge on any atom is -0.268 e. The van der Waals surface area contributed by atoms with Gasteiger partial charge in [0.25, 0.3) is 5.56 Å². The highest BCUT2D eigenvalue weighted by atomic mass is 16.1. The third kappa shape index (κ3) is 2.42. The van der Waals surface area contributed by atoms with Crippen LogP contribution in [0.25, 0.3) is 33.3 Å². The predicted octanol–water partition coefficient (Wildman–Crippen LogP) is 3.43. The molecule has 6 nitrogen and oxygen atoms in total. The van der Waals surface area contributed by atoms with Crippen LogP contribution >= 0.6 is 0 Å². The summed E-state index contributed by atoms with van der Waals surface area (Å²) in [5.74, 6) is 0.585. The Kier molecular flexibility index (Phi) is 3.36. The van der Waals surface area contributed by atoms with Gasteiger partial charge in [0.2, 0.25) is 0 Å². The Labute approximate surface area is 154 Å². The maximum atomic E-state index is 13.2. The first kappa shape index (κ1) is 15.5. The first-order valence-electron chi connectivity index (χ1n) is 8.60. The number of benzene rings is 2. The number of rotatable bonds is 2. The minimum absolute atomic E-state index is 0.156. The molecule has 0 aliphatic heterocycles. The molecule has 27 heavy (non-hydrogen) atoms. The number of pyridine rings is 1. The number of hydrogen-bond acceptors (Lipinski definition) is 4. The Hall–Kier alpha value is -3.80. The van der Waals surface area contributed by atoms with E-state index in [0.29, 0.717) is 22.5 Å². The first-order chi connectivity index (χ1) is 13.2. The second-order valence-electron chi connectivity index (χ2n) is 6.32. The van der Waals surface area contributed by atoms with Crippen LogP contribution in [0.4, 0.5) is 0 Å². The largest absolute Gasteiger partial charge is 0.269 e. The molecule has 0 radical (unpaired) electrons. The first-order valence-corrected chi connectivity index (χ1v) is 8.60. The molecule has 5 rings (SSSR count). The van der Waals surface area contributed by atoms with Crippen molar-refractivity contribution in [2.75, 3.05) is 0 Å². The lowest BCUT2D eigenvalue weighted by atomic mass is 10.2. The van der Waals surface area contributed by atoms with Gasteiger partial charge in [-0.05, 0) is 31.2 Å². The molecule has 0 saturated carbocycles. The fourth-order valence-electron chi connectivity index (χ4n) is 3.32. The monoisotopic (exact) mass is 353 g/mol. The zero-order valence-electron chi connectivity index (χ0n) is 14.6. The molecule has 0 aliphatic rings. The van der Waals surface area contributed by atoms with Gasteiger partial charge in [0.1, 0.15) is 11.2 Å². The molecule has 3 heterocycles. The van der Waals surface area contributed by atoms with Gasteiger partial charge in [-0.15, -0.1) is 0 Å². The van der Waals surface area contributed by atoms with Crippen molar-refractivity contribution in [3.63, 3.8) is 0 Å². The van der Waals surface area contributed by atoms with Gasteiger partial charge in [0, 0.05) is 5.39 Å². The second kappa shape index (κ2) is 5.88. The molecule has 0 amide bonds. The van der Waals surface area contributed by atoms with Gasteiger partial charge in [0.05, 0.1) is 29.3 Å².